The van der Waals surface area contributed by atoms with E-state index < -0.39 is 18.2 Å². The van der Waals surface area contributed by atoms with E-state index in [0.717, 1.165) is 0 Å². The van der Waals surface area contributed by atoms with Crippen molar-refractivity contribution >= 4 is 5.97 Å². The van der Waals surface area contributed by atoms with E-state index >= 15 is 0 Å². The van der Waals surface area contributed by atoms with Gasteiger partial charge in [0.15, 0.2) is 5.54 Å². The quantitative estimate of drug-likeness (QED) is 0.510. The molecule has 0 aliphatic heterocycles. The number of carboxylic acids is 1. The van der Waals surface area contributed by atoms with Crippen LogP contribution in [0, 0.1) is 0 Å². The molecule has 1 unspecified atom stereocenters. The zero-order valence-corrected chi connectivity index (χ0v) is 6.88. The number of carbonyl (C=O) groups is 1. The van der Waals surface area contributed by atoms with E-state index in [1.165, 1.54) is 13.0 Å². The van der Waals surface area contributed by atoms with Gasteiger partial charge in [-0.2, -0.15) is 0 Å². The van der Waals surface area contributed by atoms with E-state index in [4.69, 9.17) is 16.6 Å². The molecule has 0 fully saturated rings. The molecule has 5 N–H and O–H groups in total. The molecule has 0 aromatic carbocycles. The summed E-state index contributed by atoms with van der Waals surface area (Å²) in [7, 11) is 0. The van der Waals surface area contributed by atoms with Gasteiger partial charge in [-0.1, -0.05) is 6.08 Å². The van der Waals surface area contributed by atoms with E-state index in [9.17, 15) is 9.18 Å². The van der Waals surface area contributed by atoms with Crippen molar-refractivity contribution in [2.75, 3.05) is 13.2 Å². The Balaban J connectivity index is 4.75. The van der Waals surface area contributed by atoms with Crippen LogP contribution in [0.3, 0.4) is 0 Å². The molecular formula is C7H13FN2O2. The standard InChI is InChI=1S/C7H13FN2O2/c1-5(2-3-9)7(10,4-8)6(11)12/h2H,3-4,9-10H2,1H3,(H,11,12). The lowest BCUT2D eigenvalue weighted by atomic mass is 9.93. The maximum atomic E-state index is 12.3. The van der Waals surface area contributed by atoms with Gasteiger partial charge in [0.1, 0.15) is 6.67 Å². The summed E-state index contributed by atoms with van der Waals surface area (Å²) in [6.45, 7) is 0.462. The first kappa shape index (κ1) is 11.1. The number of hydrogen-bond acceptors (Lipinski definition) is 3. The van der Waals surface area contributed by atoms with Crippen LogP contribution in [-0.2, 0) is 4.79 Å². The first-order valence-corrected chi connectivity index (χ1v) is 3.44. The fraction of sp³-hybridized carbons (Fsp3) is 0.571. The van der Waals surface area contributed by atoms with Gasteiger partial charge in [-0.05, 0) is 12.5 Å². The summed E-state index contributed by atoms with van der Waals surface area (Å²) in [6.07, 6.45) is 1.40. The first-order valence-electron chi connectivity index (χ1n) is 3.44. The average molecular weight is 176 g/mol. The van der Waals surface area contributed by atoms with Crippen molar-refractivity contribution < 1.29 is 14.3 Å². The Kier molecular flexibility index (Phi) is 3.85. The molecule has 0 aromatic rings. The first-order chi connectivity index (χ1) is 5.49. The van der Waals surface area contributed by atoms with Gasteiger partial charge in [0.25, 0.3) is 0 Å². The Morgan fingerprint density at radius 2 is 2.25 bits per heavy atom. The zero-order chi connectivity index (χ0) is 9.78. The number of alkyl halides is 1. The van der Waals surface area contributed by atoms with Gasteiger partial charge in [-0.25, -0.2) is 9.18 Å². The highest BCUT2D eigenvalue weighted by Gasteiger charge is 2.35. The number of rotatable bonds is 4. The molecule has 0 amide bonds. The van der Waals surface area contributed by atoms with Crippen LogP contribution in [0.1, 0.15) is 6.92 Å². The Labute approximate surface area is 70.0 Å². The second-order valence-corrected chi connectivity index (χ2v) is 2.53. The number of aliphatic carboxylic acids is 1. The number of nitrogens with two attached hydrogens (primary N) is 2. The van der Waals surface area contributed by atoms with Gasteiger partial charge in [0.05, 0.1) is 0 Å². The van der Waals surface area contributed by atoms with Crippen LogP contribution in [0.15, 0.2) is 11.6 Å². The zero-order valence-electron chi connectivity index (χ0n) is 6.88. The largest absolute Gasteiger partial charge is 0.480 e. The van der Waals surface area contributed by atoms with E-state index in [0.29, 0.717) is 0 Å². The van der Waals surface area contributed by atoms with Crippen LogP contribution in [0.25, 0.3) is 0 Å². The minimum Gasteiger partial charge on any atom is -0.480 e. The van der Waals surface area contributed by atoms with Crippen molar-refractivity contribution in [3.63, 3.8) is 0 Å². The van der Waals surface area contributed by atoms with E-state index in [-0.39, 0.29) is 12.1 Å². The fourth-order valence-electron chi connectivity index (χ4n) is 0.690. The van der Waals surface area contributed by atoms with Gasteiger partial charge in [-0.3, -0.25) is 0 Å². The van der Waals surface area contributed by atoms with Gasteiger partial charge in [-0.15, -0.1) is 0 Å². The van der Waals surface area contributed by atoms with Gasteiger partial charge < -0.3 is 16.6 Å². The van der Waals surface area contributed by atoms with Crippen molar-refractivity contribution in [3.8, 4) is 0 Å². The Bertz CT molecular complexity index is 206. The second kappa shape index (κ2) is 4.18. The predicted octanol–water partition coefficient (Wildman–Crippen LogP) is -0.357. The Morgan fingerprint density at radius 1 is 1.75 bits per heavy atom. The van der Waals surface area contributed by atoms with Crippen molar-refractivity contribution in [2.45, 2.75) is 12.5 Å². The molecule has 0 bridgehead atoms. The van der Waals surface area contributed by atoms with Crippen LogP contribution in [-0.4, -0.2) is 29.8 Å². The predicted molar refractivity (Wildman–Crippen MR) is 43.3 cm³/mol. The summed E-state index contributed by atoms with van der Waals surface area (Å²) in [6, 6.07) is 0. The average Bonchev–Trinajstić information content (AvgIpc) is 2.03. The third kappa shape index (κ3) is 2.02. The number of hydrogen-bond donors (Lipinski definition) is 3. The van der Waals surface area contributed by atoms with Gasteiger partial charge >= 0.3 is 5.97 Å². The molecule has 12 heavy (non-hydrogen) atoms. The summed E-state index contributed by atoms with van der Waals surface area (Å²) >= 11 is 0. The van der Waals surface area contributed by atoms with Crippen LogP contribution in [0.4, 0.5) is 4.39 Å². The number of halogens is 1. The van der Waals surface area contributed by atoms with Crippen molar-refractivity contribution in [1.82, 2.24) is 0 Å². The third-order valence-corrected chi connectivity index (χ3v) is 1.72. The summed E-state index contributed by atoms with van der Waals surface area (Å²) in [4.78, 5) is 10.5. The normalized spacial score (nSPS) is 17.2. The summed E-state index contributed by atoms with van der Waals surface area (Å²) in [5, 5.41) is 8.58. The lowest BCUT2D eigenvalue weighted by Crippen LogP contribution is -2.51. The highest BCUT2D eigenvalue weighted by molar-refractivity contribution is 5.82. The molecule has 0 spiro atoms. The van der Waals surface area contributed by atoms with Crippen LogP contribution >= 0.6 is 0 Å². The van der Waals surface area contributed by atoms with Crippen LogP contribution in [0.5, 0.6) is 0 Å². The SMILES string of the molecule is CC(=CCN)C(N)(CF)C(=O)O. The Morgan fingerprint density at radius 3 is 2.50 bits per heavy atom. The second-order valence-electron chi connectivity index (χ2n) is 2.53. The molecule has 0 radical (unpaired) electrons. The maximum Gasteiger partial charge on any atom is 0.330 e. The molecule has 0 saturated heterocycles. The minimum atomic E-state index is -1.92. The van der Waals surface area contributed by atoms with E-state index in [1.54, 1.807) is 0 Å². The van der Waals surface area contributed by atoms with Gasteiger partial charge in [0.2, 0.25) is 0 Å². The van der Waals surface area contributed by atoms with Crippen LogP contribution in [0.2, 0.25) is 0 Å². The molecule has 0 aromatic heterocycles. The maximum absolute atomic E-state index is 12.3. The van der Waals surface area contributed by atoms with Crippen molar-refractivity contribution in [3.05, 3.63) is 11.6 Å². The van der Waals surface area contributed by atoms with Crippen molar-refractivity contribution in [1.29, 1.82) is 0 Å². The fourth-order valence-corrected chi connectivity index (χ4v) is 0.690. The highest BCUT2D eigenvalue weighted by atomic mass is 19.1. The van der Waals surface area contributed by atoms with E-state index in [2.05, 4.69) is 0 Å². The monoisotopic (exact) mass is 176 g/mol. The molecule has 0 aliphatic carbocycles. The van der Waals surface area contributed by atoms with E-state index in [1.807, 2.05) is 0 Å². The lowest BCUT2D eigenvalue weighted by Gasteiger charge is -2.21. The molecule has 0 saturated carbocycles. The highest BCUT2D eigenvalue weighted by Crippen LogP contribution is 2.14. The molecular weight excluding hydrogens is 163 g/mol. The minimum absolute atomic E-state index is 0.151. The molecule has 70 valence electrons. The lowest BCUT2D eigenvalue weighted by molar-refractivity contribution is -0.142. The summed E-state index contributed by atoms with van der Waals surface area (Å²) in [5.41, 5.74) is 8.72. The van der Waals surface area contributed by atoms with Gasteiger partial charge in [0, 0.05) is 6.54 Å². The number of carboxylic acid groups (broad SMARTS) is 1. The molecule has 0 heterocycles. The summed E-state index contributed by atoms with van der Waals surface area (Å²) < 4.78 is 12.3. The topological polar surface area (TPSA) is 89.3 Å². The molecule has 0 aliphatic rings. The van der Waals surface area contributed by atoms with Crippen molar-refractivity contribution in [2.24, 2.45) is 11.5 Å². The molecule has 5 heteroatoms. The molecule has 4 nitrogen and oxygen atoms in total. The summed E-state index contributed by atoms with van der Waals surface area (Å²) in [5.74, 6) is -1.38. The Hall–Kier alpha value is -0.940. The smallest absolute Gasteiger partial charge is 0.330 e. The third-order valence-electron chi connectivity index (χ3n) is 1.72. The molecule has 1 atom stereocenters. The van der Waals surface area contributed by atoms with Crippen LogP contribution < -0.4 is 11.5 Å². The molecule has 0 rings (SSSR count).